The highest BCUT2D eigenvalue weighted by Gasteiger charge is 2.30. The van der Waals surface area contributed by atoms with E-state index in [-0.39, 0.29) is 16.7 Å². The van der Waals surface area contributed by atoms with Crippen LogP contribution in [0.4, 0.5) is 13.2 Å². The maximum absolute atomic E-state index is 13.5. The highest BCUT2D eigenvalue weighted by atomic mass is 19.1. The summed E-state index contributed by atoms with van der Waals surface area (Å²) in [6.45, 7) is 0. The van der Waals surface area contributed by atoms with Gasteiger partial charge in [-0.2, -0.15) is 0 Å². The first-order chi connectivity index (χ1) is 8.08. The van der Waals surface area contributed by atoms with Crippen molar-refractivity contribution >= 4 is 5.78 Å². The van der Waals surface area contributed by atoms with Crippen molar-refractivity contribution in [2.45, 2.75) is 0 Å². The smallest absolute Gasteiger partial charge is 0.197 e. The van der Waals surface area contributed by atoms with E-state index in [1.165, 1.54) is 6.07 Å². The zero-order valence-electron chi connectivity index (χ0n) is 8.43. The Hall–Kier alpha value is -2.10. The number of hydrogen-bond donors (Lipinski definition) is 0. The molecule has 1 nitrogen and oxygen atoms in total. The van der Waals surface area contributed by atoms with Gasteiger partial charge in [0.25, 0.3) is 0 Å². The summed E-state index contributed by atoms with van der Waals surface area (Å²) in [5, 5.41) is 0. The summed E-state index contributed by atoms with van der Waals surface area (Å²) in [4.78, 5) is 11.8. The summed E-state index contributed by atoms with van der Waals surface area (Å²) in [5.41, 5.74) is 0.434. The van der Waals surface area contributed by atoms with E-state index in [9.17, 15) is 18.0 Å². The Morgan fingerprint density at radius 3 is 2.24 bits per heavy atom. The lowest BCUT2D eigenvalue weighted by molar-refractivity contribution is 0.103. The van der Waals surface area contributed by atoms with Crippen molar-refractivity contribution in [3.05, 3.63) is 58.9 Å². The second kappa shape index (κ2) is 3.20. The molecule has 84 valence electrons. The summed E-state index contributed by atoms with van der Waals surface area (Å²) in [6, 6.07) is 5.28. The van der Waals surface area contributed by atoms with E-state index < -0.39 is 23.2 Å². The molecule has 0 amide bonds. The number of benzene rings is 2. The standard InChI is InChI=1S/C13H5F3O/c14-6-1-2-8-9-4-7(15)5-11(16)12(9)13(17)10(8)3-6/h1-5H. The zero-order valence-corrected chi connectivity index (χ0v) is 8.43. The van der Waals surface area contributed by atoms with E-state index in [0.717, 1.165) is 18.2 Å². The molecular formula is C13H5F3O. The Morgan fingerprint density at radius 1 is 0.765 bits per heavy atom. The molecule has 17 heavy (non-hydrogen) atoms. The molecular weight excluding hydrogens is 229 g/mol. The number of rotatable bonds is 0. The van der Waals surface area contributed by atoms with Crippen molar-refractivity contribution in [2.75, 3.05) is 0 Å². The van der Waals surface area contributed by atoms with Gasteiger partial charge in [-0.3, -0.25) is 4.79 Å². The summed E-state index contributed by atoms with van der Waals surface area (Å²) >= 11 is 0. The van der Waals surface area contributed by atoms with Crippen LogP contribution in [0.15, 0.2) is 30.3 Å². The third-order valence-electron chi connectivity index (χ3n) is 2.80. The van der Waals surface area contributed by atoms with Crippen molar-refractivity contribution in [1.82, 2.24) is 0 Å². The van der Waals surface area contributed by atoms with Gasteiger partial charge in [-0.05, 0) is 29.3 Å². The quantitative estimate of drug-likeness (QED) is 0.583. The average molecular weight is 234 g/mol. The molecule has 0 saturated heterocycles. The molecule has 4 heteroatoms. The lowest BCUT2D eigenvalue weighted by atomic mass is 10.1. The predicted octanol–water partition coefficient (Wildman–Crippen LogP) is 3.32. The first-order valence-corrected chi connectivity index (χ1v) is 4.91. The van der Waals surface area contributed by atoms with Gasteiger partial charge in [-0.15, -0.1) is 0 Å². The van der Waals surface area contributed by atoms with Crippen molar-refractivity contribution in [1.29, 1.82) is 0 Å². The third-order valence-corrected chi connectivity index (χ3v) is 2.80. The molecule has 0 fully saturated rings. The van der Waals surface area contributed by atoms with Crippen LogP contribution in [0.3, 0.4) is 0 Å². The molecule has 0 atom stereocenters. The van der Waals surface area contributed by atoms with E-state index in [1.54, 1.807) is 0 Å². The van der Waals surface area contributed by atoms with Gasteiger partial charge in [0.2, 0.25) is 0 Å². The maximum Gasteiger partial charge on any atom is 0.197 e. The van der Waals surface area contributed by atoms with E-state index in [2.05, 4.69) is 0 Å². The van der Waals surface area contributed by atoms with Gasteiger partial charge < -0.3 is 0 Å². The molecule has 2 aromatic rings. The molecule has 0 spiro atoms. The van der Waals surface area contributed by atoms with Gasteiger partial charge in [0.05, 0.1) is 5.56 Å². The summed E-state index contributed by atoms with van der Waals surface area (Å²) in [7, 11) is 0. The fourth-order valence-corrected chi connectivity index (χ4v) is 2.09. The molecule has 1 aliphatic carbocycles. The molecule has 0 unspecified atom stereocenters. The Labute approximate surface area is 94.5 Å². The Morgan fingerprint density at radius 2 is 1.47 bits per heavy atom. The molecule has 3 rings (SSSR count). The summed E-state index contributed by atoms with van der Waals surface area (Å²) in [6.07, 6.45) is 0. The molecule has 0 aliphatic heterocycles. The Kier molecular flexibility index (Phi) is 1.90. The SMILES string of the molecule is O=C1c2cc(F)ccc2-c2cc(F)cc(F)c21. The van der Waals surface area contributed by atoms with Crippen LogP contribution in [0.25, 0.3) is 11.1 Å². The van der Waals surface area contributed by atoms with Crippen LogP contribution in [0, 0.1) is 17.5 Å². The number of ketones is 1. The predicted molar refractivity (Wildman–Crippen MR) is 55.2 cm³/mol. The third kappa shape index (κ3) is 1.30. The normalized spacial score (nSPS) is 12.5. The number of carbonyl (C=O) groups is 1. The highest BCUT2D eigenvalue weighted by Crippen LogP contribution is 2.38. The van der Waals surface area contributed by atoms with Crippen molar-refractivity contribution in [2.24, 2.45) is 0 Å². The molecule has 1 aliphatic rings. The topological polar surface area (TPSA) is 17.1 Å². The van der Waals surface area contributed by atoms with E-state index in [0.29, 0.717) is 11.6 Å². The Bertz CT molecular complexity index is 662. The molecule has 0 bridgehead atoms. The average Bonchev–Trinajstić information content (AvgIpc) is 2.52. The van der Waals surface area contributed by atoms with Crippen LogP contribution in [0.2, 0.25) is 0 Å². The van der Waals surface area contributed by atoms with Gasteiger partial charge in [0, 0.05) is 11.6 Å². The fourth-order valence-electron chi connectivity index (χ4n) is 2.09. The van der Waals surface area contributed by atoms with Crippen LogP contribution < -0.4 is 0 Å². The summed E-state index contributed by atoms with van der Waals surface area (Å²) in [5.74, 6) is -2.86. The first-order valence-electron chi connectivity index (χ1n) is 4.91. The second-order valence-corrected chi connectivity index (χ2v) is 3.83. The number of hydrogen-bond acceptors (Lipinski definition) is 1. The maximum atomic E-state index is 13.5. The molecule has 2 aromatic carbocycles. The van der Waals surface area contributed by atoms with Gasteiger partial charge >= 0.3 is 0 Å². The van der Waals surface area contributed by atoms with E-state index >= 15 is 0 Å². The number of carbonyl (C=O) groups excluding carboxylic acids is 1. The lowest BCUT2D eigenvalue weighted by Gasteiger charge is -2.00. The van der Waals surface area contributed by atoms with Crippen molar-refractivity contribution < 1.29 is 18.0 Å². The zero-order chi connectivity index (χ0) is 12.2. The van der Waals surface area contributed by atoms with Crippen LogP contribution in [0.1, 0.15) is 15.9 Å². The van der Waals surface area contributed by atoms with Crippen LogP contribution >= 0.6 is 0 Å². The highest BCUT2D eigenvalue weighted by molar-refractivity contribution is 6.21. The van der Waals surface area contributed by atoms with Crippen LogP contribution in [-0.4, -0.2) is 5.78 Å². The van der Waals surface area contributed by atoms with E-state index in [4.69, 9.17) is 0 Å². The number of halogens is 3. The van der Waals surface area contributed by atoms with Crippen molar-refractivity contribution in [3.8, 4) is 11.1 Å². The van der Waals surface area contributed by atoms with Gasteiger partial charge in [-0.1, -0.05) is 6.07 Å². The summed E-state index contributed by atoms with van der Waals surface area (Å²) < 4.78 is 39.6. The van der Waals surface area contributed by atoms with Crippen molar-refractivity contribution in [3.63, 3.8) is 0 Å². The minimum atomic E-state index is -0.915. The largest absolute Gasteiger partial charge is 0.288 e. The fraction of sp³-hybridized carbons (Fsp3) is 0. The molecule has 0 heterocycles. The Balaban J connectivity index is 2.39. The number of fused-ring (bicyclic) bond motifs is 3. The molecule has 0 radical (unpaired) electrons. The van der Waals surface area contributed by atoms with Gasteiger partial charge in [-0.25, -0.2) is 13.2 Å². The van der Waals surface area contributed by atoms with Crippen LogP contribution in [0.5, 0.6) is 0 Å². The minimum Gasteiger partial charge on any atom is -0.288 e. The molecule has 0 saturated carbocycles. The molecule has 0 N–H and O–H groups in total. The molecule has 0 aromatic heterocycles. The van der Waals surface area contributed by atoms with Gasteiger partial charge in [0.15, 0.2) is 5.78 Å². The first kappa shape index (κ1) is 10.1. The van der Waals surface area contributed by atoms with E-state index in [1.807, 2.05) is 0 Å². The second-order valence-electron chi connectivity index (χ2n) is 3.83. The minimum absolute atomic E-state index is 0.0736. The lowest BCUT2D eigenvalue weighted by Crippen LogP contribution is -1.99. The monoisotopic (exact) mass is 234 g/mol. The van der Waals surface area contributed by atoms with Gasteiger partial charge in [0.1, 0.15) is 17.5 Å². The van der Waals surface area contributed by atoms with Crippen LogP contribution in [-0.2, 0) is 0 Å².